The fraction of sp³-hybridized carbons (Fsp3) is 0.0556. The minimum Gasteiger partial charge on any atom is -0.461 e. The van der Waals surface area contributed by atoms with Crippen molar-refractivity contribution in [3.05, 3.63) is 71.9 Å². The van der Waals surface area contributed by atoms with Crippen molar-refractivity contribution >= 4 is 17.9 Å². The lowest BCUT2D eigenvalue weighted by molar-refractivity contribution is -0.803. The first kappa shape index (κ1) is 15.2. The van der Waals surface area contributed by atoms with Gasteiger partial charge in [0.2, 0.25) is 0 Å². The third-order valence-electron chi connectivity index (χ3n) is 3.68. The number of rotatable bonds is 2. The summed E-state index contributed by atoms with van der Waals surface area (Å²) in [5.41, 5.74) is 1.12. The van der Waals surface area contributed by atoms with E-state index in [1.54, 1.807) is 36.7 Å². The average molecular weight is 332 g/mol. The zero-order valence-electron chi connectivity index (χ0n) is 13.1. The quantitative estimate of drug-likeness (QED) is 0.498. The largest absolute Gasteiger partial charge is 0.461 e. The molecule has 0 radical (unpaired) electrons. The first-order valence-corrected chi connectivity index (χ1v) is 7.56. The second kappa shape index (κ2) is 5.96. The van der Waals surface area contributed by atoms with Crippen LogP contribution in [0.5, 0.6) is 0 Å². The van der Waals surface area contributed by atoms with Gasteiger partial charge in [-0.2, -0.15) is 4.99 Å². The lowest BCUT2D eigenvalue weighted by Gasteiger charge is -2.17. The highest BCUT2D eigenvalue weighted by Gasteiger charge is 2.39. The molecule has 2 unspecified atom stereocenters. The van der Waals surface area contributed by atoms with E-state index >= 15 is 0 Å². The molecule has 0 spiro atoms. The van der Waals surface area contributed by atoms with Gasteiger partial charge in [-0.25, -0.2) is 4.99 Å². The summed E-state index contributed by atoms with van der Waals surface area (Å²) in [5, 5.41) is 14.5. The third-order valence-corrected chi connectivity index (χ3v) is 3.68. The van der Waals surface area contributed by atoms with Crippen LogP contribution in [0.25, 0.3) is 0 Å². The van der Waals surface area contributed by atoms with E-state index in [1.807, 2.05) is 18.2 Å². The Morgan fingerprint density at radius 3 is 2.76 bits per heavy atom. The molecule has 3 N–H and O–H groups in total. The molecular formula is C18H14N5O2+. The highest BCUT2D eigenvalue weighted by Crippen LogP contribution is 2.21. The minimum atomic E-state index is -0.903. The maximum Gasteiger partial charge on any atom is 0.300 e. The van der Waals surface area contributed by atoms with E-state index in [0.29, 0.717) is 28.7 Å². The van der Waals surface area contributed by atoms with Crippen molar-refractivity contribution in [3.8, 4) is 11.8 Å². The van der Waals surface area contributed by atoms with Crippen molar-refractivity contribution in [2.45, 2.75) is 6.10 Å². The summed E-state index contributed by atoms with van der Waals surface area (Å²) in [5.74, 6) is 13.2. The molecule has 0 saturated carbocycles. The highest BCUT2D eigenvalue weighted by atomic mass is 16.3. The molecule has 2 aromatic rings. The predicted molar refractivity (Wildman–Crippen MR) is 92.9 cm³/mol. The maximum atomic E-state index is 10.1. The lowest BCUT2D eigenvalue weighted by Crippen LogP contribution is -2.50. The maximum absolute atomic E-state index is 10.1. The standard InChI is InChI=1S/C18H14N5O2/c19-23-12-14(8-9-15(24)13-5-2-1-3-6-13)20-11-17(23)21-18(22-23)16-7-4-10-25-16/h1-7,10-12,15,24H,19H2/q+1. The van der Waals surface area contributed by atoms with Crippen molar-refractivity contribution in [3.63, 3.8) is 0 Å². The molecule has 2 aliphatic heterocycles. The number of furan rings is 1. The number of quaternary nitrogens is 1. The fourth-order valence-electron chi connectivity index (χ4n) is 2.42. The summed E-state index contributed by atoms with van der Waals surface area (Å²) in [4.78, 5) is 8.55. The van der Waals surface area contributed by atoms with E-state index in [-0.39, 0.29) is 4.70 Å². The number of hydrogen-bond donors (Lipinski definition) is 2. The number of allylic oxidation sites excluding steroid dienone is 1. The number of nitrogens with zero attached hydrogens (tertiary/aromatic N) is 4. The van der Waals surface area contributed by atoms with Gasteiger partial charge in [-0.15, -0.1) is 5.84 Å². The van der Waals surface area contributed by atoms with Crippen LogP contribution in [0.1, 0.15) is 17.4 Å². The van der Waals surface area contributed by atoms with Crippen LogP contribution in [0, 0.1) is 11.8 Å². The van der Waals surface area contributed by atoms with Crippen molar-refractivity contribution in [1.82, 2.24) is 0 Å². The molecule has 25 heavy (non-hydrogen) atoms. The Hall–Kier alpha value is -3.31. The van der Waals surface area contributed by atoms with E-state index in [9.17, 15) is 5.11 Å². The summed E-state index contributed by atoms with van der Waals surface area (Å²) in [7, 11) is 0. The van der Waals surface area contributed by atoms with Crippen LogP contribution < -0.4 is 5.84 Å². The van der Waals surface area contributed by atoms with Gasteiger partial charge in [-0.3, -0.25) is 0 Å². The van der Waals surface area contributed by atoms with Crippen LogP contribution in [0.15, 0.2) is 80.1 Å². The molecule has 2 atom stereocenters. The van der Waals surface area contributed by atoms with Gasteiger partial charge < -0.3 is 9.52 Å². The second-order valence-electron chi connectivity index (χ2n) is 5.46. The van der Waals surface area contributed by atoms with Gasteiger partial charge in [-0.1, -0.05) is 36.3 Å². The predicted octanol–water partition coefficient (Wildman–Crippen LogP) is 1.71. The number of amidine groups is 2. The van der Waals surface area contributed by atoms with Crippen molar-refractivity contribution < 1.29 is 14.2 Å². The zero-order chi connectivity index (χ0) is 17.3. The Kier molecular flexibility index (Phi) is 3.63. The molecule has 0 amide bonds. The minimum absolute atomic E-state index is 0.384. The molecule has 0 saturated heterocycles. The monoisotopic (exact) mass is 332 g/mol. The van der Waals surface area contributed by atoms with Crippen LogP contribution in [0.4, 0.5) is 0 Å². The normalized spacial score (nSPS) is 22.2. The van der Waals surface area contributed by atoms with Crippen LogP contribution in [-0.4, -0.2) is 27.7 Å². The highest BCUT2D eigenvalue weighted by molar-refractivity contribution is 6.31. The van der Waals surface area contributed by atoms with Gasteiger partial charge in [0.25, 0.3) is 11.7 Å². The van der Waals surface area contributed by atoms with E-state index in [0.717, 1.165) is 0 Å². The smallest absolute Gasteiger partial charge is 0.300 e. The molecule has 1 aromatic heterocycles. The van der Waals surface area contributed by atoms with E-state index in [4.69, 9.17) is 10.3 Å². The summed E-state index contributed by atoms with van der Waals surface area (Å²) in [6.07, 6.45) is 3.72. The molecule has 0 aliphatic carbocycles. The first-order valence-electron chi connectivity index (χ1n) is 7.56. The Balaban J connectivity index is 1.60. The number of fused-ring (bicyclic) bond motifs is 1. The Labute approximate surface area is 143 Å². The number of nitrogens with two attached hydrogens (primary N) is 1. The molecule has 4 rings (SSSR count). The van der Waals surface area contributed by atoms with Gasteiger partial charge in [-0.05, 0) is 33.4 Å². The molecular weight excluding hydrogens is 318 g/mol. The summed E-state index contributed by atoms with van der Waals surface area (Å²) >= 11 is 0. The van der Waals surface area contributed by atoms with E-state index in [1.165, 1.54) is 6.21 Å². The van der Waals surface area contributed by atoms with Gasteiger partial charge in [0.1, 0.15) is 12.3 Å². The summed E-state index contributed by atoms with van der Waals surface area (Å²) in [6, 6.07) is 12.7. The topological polar surface area (TPSA) is 96.5 Å². The summed E-state index contributed by atoms with van der Waals surface area (Å²) < 4.78 is 4.91. The third kappa shape index (κ3) is 2.93. The molecule has 3 heterocycles. The second-order valence-corrected chi connectivity index (χ2v) is 5.46. The number of benzene rings is 1. The molecule has 7 heteroatoms. The lowest BCUT2D eigenvalue weighted by atomic mass is 10.1. The van der Waals surface area contributed by atoms with Crippen molar-refractivity contribution in [2.75, 3.05) is 0 Å². The van der Waals surface area contributed by atoms with Gasteiger partial charge in [0.15, 0.2) is 17.7 Å². The van der Waals surface area contributed by atoms with E-state index < -0.39 is 6.10 Å². The molecule has 2 aliphatic rings. The molecule has 0 fully saturated rings. The zero-order valence-corrected chi connectivity index (χ0v) is 13.1. The summed E-state index contributed by atoms with van der Waals surface area (Å²) in [6.45, 7) is 0. The van der Waals surface area contributed by atoms with Gasteiger partial charge in [0, 0.05) is 0 Å². The fourth-order valence-corrected chi connectivity index (χ4v) is 2.42. The van der Waals surface area contributed by atoms with Crippen LogP contribution >= 0.6 is 0 Å². The number of aliphatic hydroxyl groups excluding tert-OH is 1. The van der Waals surface area contributed by atoms with Gasteiger partial charge >= 0.3 is 0 Å². The molecule has 0 bridgehead atoms. The van der Waals surface area contributed by atoms with Crippen LogP contribution in [0.3, 0.4) is 0 Å². The van der Waals surface area contributed by atoms with Gasteiger partial charge in [0.05, 0.1) is 6.26 Å². The SMILES string of the molecule is N[N+]12C=C(C#CC(O)c3ccccc3)N=CC1=NC(c1ccco1)=N2. The number of hydrogen-bond acceptors (Lipinski definition) is 6. The number of aliphatic imine (C=N–C) groups is 2. The first-order chi connectivity index (χ1) is 12.1. The Morgan fingerprint density at radius 2 is 2.00 bits per heavy atom. The van der Waals surface area contributed by atoms with Crippen LogP contribution in [0.2, 0.25) is 0 Å². The number of aliphatic hydroxyl groups is 1. The molecule has 122 valence electrons. The van der Waals surface area contributed by atoms with E-state index in [2.05, 4.69) is 26.9 Å². The Bertz CT molecular complexity index is 977. The van der Waals surface area contributed by atoms with Crippen molar-refractivity contribution in [1.29, 1.82) is 0 Å². The Morgan fingerprint density at radius 1 is 1.16 bits per heavy atom. The molecule has 7 nitrogen and oxygen atoms in total. The van der Waals surface area contributed by atoms with Crippen molar-refractivity contribution in [2.24, 2.45) is 20.9 Å². The van der Waals surface area contributed by atoms with Crippen LogP contribution in [-0.2, 0) is 0 Å². The average Bonchev–Trinajstić information content (AvgIpc) is 3.27. The molecule has 1 aromatic carbocycles.